The molecule has 0 aliphatic carbocycles. The summed E-state index contributed by atoms with van der Waals surface area (Å²) in [4.78, 5) is 19.5. The van der Waals surface area contributed by atoms with E-state index >= 15 is 0 Å². The Morgan fingerprint density at radius 3 is 2.28 bits per heavy atom. The van der Waals surface area contributed by atoms with E-state index in [4.69, 9.17) is 0 Å². The molecular formula is C21H35N3O. The van der Waals surface area contributed by atoms with Crippen LogP contribution < -0.4 is 0 Å². The summed E-state index contributed by atoms with van der Waals surface area (Å²) in [6.45, 7) is 12.4. The number of carbonyl (C=O) groups excluding carboxylic acids is 1. The minimum Gasteiger partial charge on any atom is -0.336 e. The van der Waals surface area contributed by atoms with Gasteiger partial charge in [0.1, 0.15) is 0 Å². The Kier molecular flexibility index (Phi) is 7.91. The molecule has 4 nitrogen and oxygen atoms in total. The quantitative estimate of drug-likeness (QED) is 0.675. The lowest BCUT2D eigenvalue weighted by Crippen LogP contribution is -2.50. The van der Waals surface area contributed by atoms with Gasteiger partial charge in [-0.05, 0) is 51.6 Å². The smallest absolute Gasteiger partial charge is 0.253 e. The topological polar surface area (TPSA) is 26.8 Å². The lowest BCUT2D eigenvalue weighted by molar-refractivity contribution is 0.0595. The Balaban J connectivity index is 1.84. The van der Waals surface area contributed by atoms with Gasteiger partial charge in [-0.1, -0.05) is 31.9 Å². The minimum absolute atomic E-state index is 0.172. The fourth-order valence-electron chi connectivity index (χ4n) is 3.40. The molecule has 1 saturated heterocycles. The van der Waals surface area contributed by atoms with Crippen LogP contribution in [0.3, 0.4) is 0 Å². The first kappa shape index (κ1) is 19.9. The summed E-state index contributed by atoms with van der Waals surface area (Å²) >= 11 is 0. The summed E-state index contributed by atoms with van der Waals surface area (Å²) in [6.07, 6.45) is 3.81. The van der Waals surface area contributed by atoms with Crippen LogP contribution in [0.5, 0.6) is 0 Å². The molecule has 0 bridgehead atoms. The van der Waals surface area contributed by atoms with Crippen molar-refractivity contribution in [1.82, 2.24) is 14.7 Å². The van der Waals surface area contributed by atoms with Gasteiger partial charge in [0, 0.05) is 44.3 Å². The van der Waals surface area contributed by atoms with Crippen LogP contribution in [0.15, 0.2) is 24.3 Å². The van der Waals surface area contributed by atoms with Crippen molar-refractivity contribution >= 4 is 5.91 Å². The van der Waals surface area contributed by atoms with Gasteiger partial charge in [0.05, 0.1) is 0 Å². The van der Waals surface area contributed by atoms with Crippen molar-refractivity contribution in [2.75, 3.05) is 39.8 Å². The molecule has 0 unspecified atom stereocenters. The third kappa shape index (κ3) is 6.12. The highest BCUT2D eigenvalue weighted by Gasteiger charge is 2.23. The largest absolute Gasteiger partial charge is 0.336 e. The molecule has 0 radical (unpaired) electrons. The van der Waals surface area contributed by atoms with E-state index in [1.807, 2.05) is 17.0 Å². The maximum Gasteiger partial charge on any atom is 0.253 e. The third-order valence-corrected chi connectivity index (χ3v) is 5.13. The van der Waals surface area contributed by atoms with Crippen LogP contribution in [0.2, 0.25) is 0 Å². The zero-order valence-corrected chi connectivity index (χ0v) is 16.5. The van der Waals surface area contributed by atoms with Gasteiger partial charge in [-0.25, -0.2) is 0 Å². The fraction of sp³-hybridized carbons (Fsp3) is 0.667. The number of nitrogens with zero attached hydrogens (tertiary/aromatic N) is 3. The molecule has 4 heteroatoms. The predicted molar refractivity (Wildman–Crippen MR) is 105 cm³/mol. The van der Waals surface area contributed by atoms with Crippen molar-refractivity contribution < 1.29 is 4.79 Å². The first-order valence-electron chi connectivity index (χ1n) is 9.82. The second kappa shape index (κ2) is 9.93. The molecule has 0 aromatic heterocycles. The van der Waals surface area contributed by atoms with Crippen LogP contribution >= 0.6 is 0 Å². The van der Waals surface area contributed by atoms with Gasteiger partial charge in [-0.15, -0.1) is 0 Å². The second-order valence-electron chi connectivity index (χ2n) is 7.56. The number of benzene rings is 1. The minimum atomic E-state index is 0.172. The predicted octanol–water partition coefficient (Wildman–Crippen LogP) is 3.47. The van der Waals surface area contributed by atoms with E-state index in [0.717, 1.165) is 44.8 Å². The average Bonchev–Trinajstić information content (AvgIpc) is 2.62. The molecule has 1 aromatic rings. The molecule has 1 aromatic carbocycles. The van der Waals surface area contributed by atoms with E-state index in [2.05, 4.69) is 49.8 Å². The number of carbonyl (C=O) groups is 1. The van der Waals surface area contributed by atoms with Crippen LogP contribution in [0.1, 0.15) is 56.0 Å². The summed E-state index contributed by atoms with van der Waals surface area (Å²) in [6, 6.07) is 8.76. The SMILES string of the molecule is CCCCCN(C)Cc1ccc(C(=O)N2CCN(C(C)C)CC2)cc1. The van der Waals surface area contributed by atoms with Gasteiger partial charge in [0.2, 0.25) is 0 Å². The van der Waals surface area contributed by atoms with E-state index in [0.29, 0.717) is 6.04 Å². The van der Waals surface area contributed by atoms with Crippen LogP contribution in [-0.4, -0.2) is 66.4 Å². The van der Waals surface area contributed by atoms with Crippen LogP contribution in [0, 0.1) is 0 Å². The molecule has 1 aliphatic rings. The molecule has 1 heterocycles. The Labute approximate surface area is 153 Å². The maximum atomic E-state index is 12.7. The summed E-state index contributed by atoms with van der Waals surface area (Å²) in [5.41, 5.74) is 2.09. The molecule has 1 aliphatic heterocycles. The average molecular weight is 346 g/mol. The van der Waals surface area contributed by atoms with E-state index < -0.39 is 0 Å². The molecule has 25 heavy (non-hydrogen) atoms. The molecule has 2 rings (SSSR count). The molecule has 0 N–H and O–H groups in total. The van der Waals surface area contributed by atoms with E-state index in [9.17, 15) is 4.79 Å². The zero-order chi connectivity index (χ0) is 18.2. The number of unbranched alkanes of at least 4 members (excludes halogenated alkanes) is 2. The number of piperazine rings is 1. The Morgan fingerprint density at radius 1 is 1.08 bits per heavy atom. The van der Waals surface area contributed by atoms with Crippen LogP contribution in [0.25, 0.3) is 0 Å². The molecule has 1 fully saturated rings. The Morgan fingerprint density at radius 2 is 1.72 bits per heavy atom. The lowest BCUT2D eigenvalue weighted by Gasteiger charge is -2.37. The van der Waals surface area contributed by atoms with Gasteiger partial charge >= 0.3 is 0 Å². The van der Waals surface area contributed by atoms with Crippen molar-refractivity contribution in [3.63, 3.8) is 0 Å². The monoisotopic (exact) mass is 345 g/mol. The first-order valence-corrected chi connectivity index (χ1v) is 9.82. The number of amides is 1. The molecule has 140 valence electrons. The molecule has 0 saturated carbocycles. The standard InChI is InChI=1S/C21H35N3O/c1-5-6-7-12-22(4)17-19-8-10-20(11-9-19)21(25)24-15-13-23(14-16-24)18(2)3/h8-11,18H,5-7,12-17H2,1-4H3. The summed E-state index contributed by atoms with van der Waals surface area (Å²) < 4.78 is 0. The molecular weight excluding hydrogens is 310 g/mol. The van der Waals surface area contributed by atoms with E-state index in [-0.39, 0.29) is 5.91 Å². The summed E-state index contributed by atoms with van der Waals surface area (Å²) in [7, 11) is 2.17. The van der Waals surface area contributed by atoms with E-state index in [1.165, 1.54) is 24.8 Å². The van der Waals surface area contributed by atoms with E-state index in [1.54, 1.807) is 0 Å². The van der Waals surface area contributed by atoms with Crippen molar-refractivity contribution in [2.24, 2.45) is 0 Å². The molecule has 0 atom stereocenters. The highest BCUT2D eigenvalue weighted by molar-refractivity contribution is 5.94. The lowest BCUT2D eigenvalue weighted by atomic mass is 10.1. The fourth-order valence-corrected chi connectivity index (χ4v) is 3.40. The van der Waals surface area contributed by atoms with Crippen LogP contribution in [-0.2, 0) is 6.54 Å². The van der Waals surface area contributed by atoms with Gasteiger partial charge in [0.15, 0.2) is 0 Å². The summed E-state index contributed by atoms with van der Waals surface area (Å²) in [5, 5.41) is 0. The third-order valence-electron chi connectivity index (χ3n) is 5.13. The number of rotatable bonds is 8. The van der Waals surface area contributed by atoms with Gasteiger partial charge in [-0.3, -0.25) is 9.69 Å². The highest BCUT2D eigenvalue weighted by Crippen LogP contribution is 2.13. The van der Waals surface area contributed by atoms with Crippen molar-refractivity contribution in [2.45, 2.75) is 52.6 Å². The van der Waals surface area contributed by atoms with Crippen LogP contribution in [0.4, 0.5) is 0 Å². The Bertz CT molecular complexity index is 518. The molecule has 1 amide bonds. The maximum absolute atomic E-state index is 12.7. The zero-order valence-electron chi connectivity index (χ0n) is 16.5. The van der Waals surface area contributed by atoms with Gasteiger partial charge < -0.3 is 9.80 Å². The van der Waals surface area contributed by atoms with Crippen molar-refractivity contribution in [1.29, 1.82) is 0 Å². The normalized spacial score (nSPS) is 16.0. The Hall–Kier alpha value is -1.39. The second-order valence-corrected chi connectivity index (χ2v) is 7.56. The van der Waals surface area contributed by atoms with Crippen molar-refractivity contribution in [3.8, 4) is 0 Å². The summed E-state index contributed by atoms with van der Waals surface area (Å²) in [5.74, 6) is 0.172. The first-order chi connectivity index (χ1) is 12.0. The number of hydrogen-bond acceptors (Lipinski definition) is 3. The van der Waals surface area contributed by atoms with Gasteiger partial charge in [-0.2, -0.15) is 0 Å². The number of hydrogen-bond donors (Lipinski definition) is 0. The van der Waals surface area contributed by atoms with Gasteiger partial charge in [0.25, 0.3) is 5.91 Å². The van der Waals surface area contributed by atoms with Crippen molar-refractivity contribution in [3.05, 3.63) is 35.4 Å². The molecule has 0 spiro atoms. The highest BCUT2D eigenvalue weighted by atomic mass is 16.2.